The standard InChI is InChI=1S/3C14H23O6PS.3K/c3*15-21(16,17)14(22(18,19)20)12-8-3-1-2-5-9-13-10-6-4-7-11-13;;;/h3*4,6-7,10-11,14H,1-3,5,8-9,12H2,(H2,15,16,17)(H,18,19,20);;;/q;;;3*+1/p-3. The van der Waals surface area contributed by atoms with Gasteiger partial charge in [0.05, 0.1) is 0 Å². The van der Waals surface area contributed by atoms with Gasteiger partial charge in [0.25, 0.3) is 0 Å². The van der Waals surface area contributed by atoms with Crippen LogP contribution in [0.3, 0.4) is 0 Å². The zero-order valence-corrected chi connectivity index (χ0v) is 54.4. The summed E-state index contributed by atoms with van der Waals surface area (Å²) in [5.74, 6) is 0. The van der Waals surface area contributed by atoms with Crippen molar-refractivity contribution in [3.05, 3.63) is 108 Å². The summed E-state index contributed by atoms with van der Waals surface area (Å²) in [5, 5.41) is 0. The minimum absolute atomic E-state index is 0. The van der Waals surface area contributed by atoms with Crippen molar-refractivity contribution in [3.63, 3.8) is 0 Å². The van der Waals surface area contributed by atoms with Crippen LogP contribution in [0.25, 0.3) is 0 Å². The smallest absolute Gasteiger partial charge is 0.747 e. The molecule has 0 bridgehead atoms. The Labute approximate surface area is 537 Å². The van der Waals surface area contributed by atoms with Crippen molar-refractivity contribution >= 4 is 53.1 Å². The van der Waals surface area contributed by atoms with E-state index < -0.39 is 68.1 Å². The summed E-state index contributed by atoms with van der Waals surface area (Å²) >= 11 is 0. The summed E-state index contributed by atoms with van der Waals surface area (Å²) < 4.78 is 131. The van der Waals surface area contributed by atoms with Crippen LogP contribution in [-0.4, -0.2) is 83.2 Å². The minimum Gasteiger partial charge on any atom is -0.747 e. The molecule has 69 heavy (non-hydrogen) atoms. The summed E-state index contributed by atoms with van der Waals surface area (Å²) in [4.78, 5) is 47.1. The maximum Gasteiger partial charge on any atom is 1.00 e. The zero-order chi connectivity index (χ0) is 49.9. The molecule has 27 heteroatoms. The fourth-order valence-electron chi connectivity index (χ4n) is 6.91. The van der Waals surface area contributed by atoms with E-state index in [-0.39, 0.29) is 173 Å². The van der Waals surface area contributed by atoms with Crippen LogP contribution >= 0.6 is 22.8 Å². The van der Waals surface area contributed by atoms with Crippen molar-refractivity contribution in [3.8, 4) is 0 Å². The fourth-order valence-corrected chi connectivity index (χ4v) is 13.9. The van der Waals surface area contributed by atoms with Crippen molar-refractivity contribution < 1.29 is 236 Å². The normalized spacial score (nSPS) is 13.3. The van der Waals surface area contributed by atoms with Crippen LogP contribution in [0.4, 0.5) is 0 Å². The van der Waals surface area contributed by atoms with Gasteiger partial charge >= 0.3 is 177 Å². The van der Waals surface area contributed by atoms with Gasteiger partial charge in [-0.15, -0.1) is 0 Å². The molecule has 3 aromatic rings. The Kier molecular flexibility index (Phi) is 44.1. The second-order valence-corrected chi connectivity index (χ2v) is 27.1. The van der Waals surface area contributed by atoms with Gasteiger partial charge in [0.1, 0.15) is 30.4 Å². The minimum atomic E-state index is -4.97. The van der Waals surface area contributed by atoms with E-state index in [0.717, 1.165) is 77.0 Å². The molecule has 0 aliphatic heterocycles. The van der Waals surface area contributed by atoms with Crippen molar-refractivity contribution in [1.82, 2.24) is 0 Å². The molecule has 3 unspecified atom stereocenters. The zero-order valence-electron chi connectivity index (χ0n) is 39.9. The molecule has 0 heterocycles. The molecule has 0 fully saturated rings. The van der Waals surface area contributed by atoms with E-state index in [4.69, 9.17) is 29.4 Å². The molecule has 0 aliphatic carbocycles. The summed E-state index contributed by atoms with van der Waals surface area (Å²) in [7, 11) is -29.6. The van der Waals surface area contributed by atoms with Crippen LogP contribution in [0.15, 0.2) is 91.0 Å². The Morgan fingerprint density at radius 3 is 0.681 bits per heavy atom. The molecule has 3 aromatic carbocycles. The van der Waals surface area contributed by atoms with Gasteiger partial charge in [0.15, 0.2) is 15.0 Å². The van der Waals surface area contributed by atoms with Crippen LogP contribution in [0.2, 0.25) is 0 Å². The molecule has 0 radical (unpaired) electrons. The number of aryl methyl sites for hydroxylation is 3. The molecule has 378 valence electrons. The monoisotopic (exact) mass is 1160 g/mol. The van der Waals surface area contributed by atoms with E-state index >= 15 is 0 Å². The van der Waals surface area contributed by atoms with E-state index in [2.05, 4.69) is 36.4 Å². The van der Waals surface area contributed by atoms with Crippen molar-refractivity contribution in [2.75, 3.05) is 0 Å². The van der Waals surface area contributed by atoms with E-state index in [1.807, 2.05) is 54.6 Å². The fraction of sp³-hybridized carbons (Fsp3) is 0.571. The number of rotatable bonds is 30. The molecule has 0 saturated heterocycles. The number of benzene rings is 3. The molecule has 0 aromatic heterocycles. The largest absolute Gasteiger partial charge is 1.00 e. The molecule has 0 aliphatic rings. The van der Waals surface area contributed by atoms with E-state index in [0.29, 0.717) is 38.5 Å². The van der Waals surface area contributed by atoms with Crippen LogP contribution in [-0.2, 0) is 63.3 Å². The third-order valence-electron chi connectivity index (χ3n) is 10.4. The van der Waals surface area contributed by atoms with Crippen LogP contribution < -0.4 is 154 Å². The van der Waals surface area contributed by atoms with Gasteiger partial charge in [0.2, 0.25) is 0 Å². The second-order valence-electron chi connectivity index (χ2n) is 16.0. The summed E-state index contributed by atoms with van der Waals surface area (Å²) in [6.07, 6.45) is 13.4. The molecule has 0 amide bonds. The van der Waals surface area contributed by atoms with E-state index in [1.54, 1.807) is 0 Å². The molecule has 0 saturated carbocycles. The van der Waals surface area contributed by atoms with Crippen LogP contribution in [0.1, 0.15) is 132 Å². The summed E-state index contributed by atoms with van der Waals surface area (Å²) in [5.41, 5.74) is 3.80. The third-order valence-corrected chi connectivity index (χ3v) is 20.9. The summed E-state index contributed by atoms with van der Waals surface area (Å²) in [6.45, 7) is 0. The molecule has 3 atom stereocenters. The van der Waals surface area contributed by atoms with Gasteiger partial charge in [0, 0.05) is 0 Å². The van der Waals surface area contributed by atoms with Crippen molar-refractivity contribution in [2.24, 2.45) is 0 Å². The molecular formula is C42H66K3O18P3S3. The Balaban J connectivity index is -0.000000927. The number of unbranched alkanes of at least 4 members (excludes halogenated alkanes) is 12. The Morgan fingerprint density at radius 2 is 0.507 bits per heavy atom. The van der Waals surface area contributed by atoms with Gasteiger partial charge in [-0.05, 0) is 74.5 Å². The van der Waals surface area contributed by atoms with Crippen LogP contribution in [0.5, 0.6) is 0 Å². The van der Waals surface area contributed by atoms with E-state index in [9.17, 15) is 52.6 Å². The topological polar surface area (TPSA) is 344 Å². The molecular weight excluding hydrogens is 1100 g/mol. The first kappa shape index (κ1) is 76.0. The van der Waals surface area contributed by atoms with Gasteiger partial charge in [-0.2, -0.15) is 0 Å². The van der Waals surface area contributed by atoms with Gasteiger partial charge < -0.3 is 43.0 Å². The Morgan fingerprint density at radius 1 is 0.333 bits per heavy atom. The molecule has 0 spiro atoms. The number of hydrogen-bond acceptors (Lipinski definition) is 12. The maximum absolute atomic E-state index is 11.0. The first-order valence-electron chi connectivity index (χ1n) is 21.7. The van der Waals surface area contributed by atoms with E-state index in [1.165, 1.54) is 16.7 Å². The number of hydrogen-bond donors (Lipinski definition) is 6. The van der Waals surface area contributed by atoms with Crippen molar-refractivity contribution in [2.45, 2.75) is 150 Å². The van der Waals surface area contributed by atoms with Gasteiger partial charge in [-0.3, -0.25) is 13.7 Å². The van der Waals surface area contributed by atoms with Crippen molar-refractivity contribution in [1.29, 1.82) is 0 Å². The summed E-state index contributed by atoms with van der Waals surface area (Å²) in [6, 6.07) is 30.2. The average molecular weight is 1170 g/mol. The quantitative estimate of drug-likeness (QED) is 0.0199. The molecule has 6 N–H and O–H groups in total. The predicted octanol–water partition coefficient (Wildman–Crippen LogP) is -1.13. The maximum atomic E-state index is 11.0. The Bertz CT molecular complexity index is 2020. The molecule has 3 rings (SSSR count). The second kappa shape index (κ2) is 40.0. The molecule has 18 nitrogen and oxygen atoms in total. The van der Waals surface area contributed by atoms with Gasteiger partial charge in [-0.25, -0.2) is 25.3 Å². The predicted molar refractivity (Wildman–Crippen MR) is 250 cm³/mol. The first-order valence-corrected chi connectivity index (χ1v) is 31.2. The van der Waals surface area contributed by atoms with Gasteiger partial charge in [-0.1, -0.05) is 168 Å². The third kappa shape index (κ3) is 38.9. The Hall–Kier alpha value is 2.75. The SMILES string of the molecule is O=P(O)(O)C(CCCCCCCc1ccccc1)S(=O)(=O)[O-].O=P(O)(O)C(CCCCCCCc1ccccc1)S(=O)(=O)[O-].O=P(O)(O)C(CCCCCCCc1ccccc1)S(=O)(=O)[O-].[K+].[K+].[K+]. The average Bonchev–Trinajstić information content (AvgIpc) is 3.19. The first-order chi connectivity index (χ1) is 30.6. The van der Waals surface area contributed by atoms with Crippen LogP contribution in [0, 0.1) is 0 Å².